The number of nitrogens with zero attached hydrogens (tertiary/aromatic N) is 1. The second-order valence-corrected chi connectivity index (χ2v) is 7.07. The van der Waals surface area contributed by atoms with E-state index in [1.807, 2.05) is 11.3 Å². The summed E-state index contributed by atoms with van der Waals surface area (Å²) in [7, 11) is 0. The molecule has 1 saturated heterocycles. The Bertz CT molecular complexity index is 399. The van der Waals surface area contributed by atoms with Crippen molar-refractivity contribution in [1.29, 1.82) is 0 Å². The zero-order valence-electron chi connectivity index (χ0n) is 12.3. The van der Waals surface area contributed by atoms with Gasteiger partial charge >= 0.3 is 0 Å². The number of nitrogens with one attached hydrogen (secondary N) is 1. The molecule has 2 rings (SSSR count). The van der Waals surface area contributed by atoms with Crippen molar-refractivity contribution >= 4 is 11.3 Å². The summed E-state index contributed by atoms with van der Waals surface area (Å²) in [6, 6.07) is 4.21. The summed E-state index contributed by atoms with van der Waals surface area (Å²) in [4.78, 5) is 5.61. The van der Waals surface area contributed by atoms with Crippen molar-refractivity contribution in [3.8, 4) is 0 Å². The Labute approximate surface area is 115 Å². The summed E-state index contributed by atoms with van der Waals surface area (Å²) in [5, 5.41) is 3.60. The monoisotopic (exact) mass is 266 g/mol. The quantitative estimate of drug-likeness (QED) is 0.901. The number of rotatable bonds is 3. The lowest BCUT2D eigenvalue weighted by Gasteiger charge is -2.42. The molecule has 1 fully saturated rings. The molecular weight excluding hydrogens is 240 g/mol. The van der Waals surface area contributed by atoms with Crippen LogP contribution in [0.2, 0.25) is 0 Å². The van der Waals surface area contributed by atoms with Crippen molar-refractivity contribution in [3.63, 3.8) is 0 Å². The van der Waals surface area contributed by atoms with Crippen molar-refractivity contribution in [2.45, 2.75) is 59.2 Å². The molecule has 1 aromatic heterocycles. The molecule has 2 nitrogen and oxygen atoms in total. The fourth-order valence-electron chi connectivity index (χ4n) is 3.08. The Morgan fingerprint density at radius 2 is 2.22 bits per heavy atom. The van der Waals surface area contributed by atoms with E-state index in [-0.39, 0.29) is 0 Å². The van der Waals surface area contributed by atoms with Crippen LogP contribution in [0.25, 0.3) is 0 Å². The standard InChI is InChI=1S/C15H26N2S/c1-6-14-8-16-10(2)9-17(14)12(4)15-7-11(3)18-13(15)5/h7,10,12,14,16H,6,8-9H2,1-5H3. The van der Waals surface area contributed by atoms with E-state index in [1.54, 1.807) is 0 Å². The summed E-state index contributed by atoms with van der Waals surface area (Å²) in [5.74, 6) is 0. The van der Waals surface area contributed by atoms with Gasteiger partial charge in [-0.2, -0.15) is 0 Å². The molecule has 1 aromatic rings. The third kappa shape index (κ3) is 2.79. The zero-order valence-corrected chi connectivity index (χ0v) is 13.1. The maximum absolute atomic E-state index is 3.60. The van der Waals surface area contributed by atoms with Gasteiger partial charge in [0.1, 0.15) is 0 Å². The van der Waals surface area contributed by atoms with Crippen molar-refractivity contribution in [1.82, 2.24) is 10.2 Å². The maximum Gasteiger partial charge on any atom is 0.0335 e. The first-order valence-electron chi connectivity index (χ1n) is 7.09. The van der Waals surface area contributed by atoms with Crippen LogP contribution in [0.4, 0.5) is 0 Å². The minimum atomic E-state index is 0.546. The maximum atomic E-state index is 3.60. The lowest BCUT2D eigenvalue weighted by Crippen LogP contribution is -2.55. The second kappa shape index (κ2) is 5.72. The highest BCUT2D eigenvalue weighted by Gasteiger charge is 2.29. The minimum absolute atomic E-state index is 0.546. The number of thiophene rings is 1. The fourth-order valence-corrected chi connectivity index (χ4v) is 4.10. The van der Waals surface area contributed by atoms with Crippen molar-refractivity contribution in [2.75, 3.05) is 13.1 Å². The van der Waals surface area contributed by atoms with Crippen LogP contribution in [-0.4, -0.2) is 30.1 Å². The van der Waals surface area contributed by atoms with Crippen LogP contribution in [-0.2, 0) is 0 Å². The second-order valence-electron chi connectivity index (χ2n) is 5.61. The van der Waals surface area contributed by atoms with Gasteiger partial charge in [0.15, 0.2) is 0 Å². The van der Waals surface area contributed by atoms with Gasteiger partial charge in [0.05, 0.1) is 0 Å². The predicted molar refractivity (Wildman–Crippen MR) is 80.5 cm³/mol. The molecule has 0 amide bonds. The van der Waals surface area contributed by atoms with Gasteiger partial charge < -0.3 is 5.32 Å². The largest absolute Gasteiger partial charge is 0.311 e. The van der Waals surface area contributed by atoms with E-state index in [9.17, 15) is 0 Å². The first-order valence-corrected chi connectivity index (χ1v) is 7.90. The molecule has 3 atom stereocenters. The molecule has 3 heteroatoms. The number of hydrogen-bond acceptors (Lipinski definition) is 3. The molecule has 2 heterocycles. The summed E-state index contributed by atoms with van der Waals surface area (Å²) >= 11 is 1.93. The van der Waals surface area contributed by atoms with Gasteiger partial charge in [-0.1, -0.05) is 6.92 Å². The lowest BCUT2D eigenvalue weighted by molar-refractivity contribution is 0.0904. The van der Waals surface area contributed by atoms with E-state index < -0.39 is 0 Å². The van der Waals surface area contributed by atoms with Gasteiger partial charge in [0.2, 0.25) is 0 Å². The fraction of sp³-hybridized carbons (Fsp3) is 0.733. The van der Waals surface area contributed by atoms with Crippen LogP contribution in [0.3, 0.4) is 0 Å². The summed E-state index contributed by atoms with van der Waals surface area (Å²) < 4.78 is 0. The number of hydrogen-bond donors (Lipinski definition) is 1. The zero-order chi connectivity index (χ0) is 13.3. The van der Waals surface area contributed by atoms with Gasteiger partial charge in [0.25, 0.3) is 0 Å². The predicted octanol–water partition coefficient (Wildman–Crippen LogP) is 3.50. The summed E-state index contributed by atoms with van der Waals surface area (Å²) in [6.07, 6.45) is 1.23. The van der Waals surface area contributed by atoms with Crippen LogP contribution in [0.1, 0.15) is 48.6 Å². The minimum Gasteiger partial charge on any atom is -0.311 e. The van der Waals surface area contributed by atoms with Crippen molar-refractivity contribution in [3.05, 3.63) is 21.4 Å². The molecule has 1 aliphatic rings. The molecule has 3 unspecified atom stereocenters. The third-order valence-electron chi connectivity index (χ3n) is 4.15. The Morgan fingerprint density at radius 1 is 1.50 bits per heavy atom. The Hall–Kier alpha value is -0.380. The average molecular weight is 266 g/mol. The highest BCUT2D eigenvalue weighted by atomic mass is 32.1. The summed E-state index contributed by atoms with van der Waals surface area (Å²) in [5.41, 5.74) is 1.53. The Morgan fingerprint density at radius 3 is 2.78 bits per heavy atom. The van der Waals surface area contributed by atoms with Gasteiger partial charge in [-0.25, -0.2) is 0 Å². The molecule has 0 bridgehead atoms. The van der Waals surface area contributed by atoms with E-state index >= 15 is 0 Å². The van der Waals surface area contributed by atoms with E-state index in [4.69, 9.17) is 0 Å². The molecule has 0 saturated carbocycles. The van der Waals surface area contributed by atoms with E-state index in [1.165, 1.54) is 21.7 Å². The Kier molecular flexibility index (Phi) is 4.46. The summed E-state index contributed by atoms with van der Waals surface area (Å²) in [6.45, 7) is 13.7. The first-order chi connectivity index (χ1) is 8.52. The van der Waals surface area contributed by atoms with E-state index in [2.05, 4.69) is 50.9 Å². The number of aryl methyl sites for hydroxylation is 2. The van der Waals surface area contributed by atoms with Gasteiger partial charge in [-0.3, -0.25) is 4.90 Å². The van der Waals surface area contributed by atoms with Crippen LogP contribution in [0.15, 0.2) is 6.07 Å². The third-order valence-corrected chi connectivity index (χ3v) is 5.14. The highest BCUT2D eigenvalue weighted by Crippen LogP contribution is 2.32. The van der Waals surface area contributed by atoms with Crippen molar-refractivity contribution in [2.24, 2.45) is 0 Å². The normalized spacial score (nSPS) is 27.4. The smallest absolute Gasteiger partial charge is 0.0335 e. The van der Waals surface area contributed by atoms with E-state index in [0.29, 0.717) is 18.1 Å². The average Bonchev–Trinajstić information content (AvgIpc) is 2.67. The molecule has 1 N–H and O–H groups in total. The topological polar surface area (TPSA) is 15.3 Å². The van der Waals surface area contributed by atoms with Crippen LogP contribution in [0, 0.1) is 13.8 Å². The van der Waals surface area contributed by atoms with Crippen LogP contribution in [0.5, 0.6) is 0 Å². The van der Waals surface area contributed by atoms with Crippen LogP contribution < -0.4 is 5.32 Å². The van der Waals surface area contributed by atoms with Crippen LogP contribution >= 0.6 is 11.3 Å². The van der Waals surface area contributed by atoms with Gasteiger partial charge in [0, 0.05) is 41.0 Å². The van der Waals surface area contributed by atoms with Crippen molar-refractivity contribution < 1.29 is 0 Å². The molecule has 102 valence electrons. The SMILES string of the molecule is CCC1CNC(C)CN1C(C)c1cc(C)sc1C. The lowest BCUT2D eigenvalue weighted by atomic mass is 10.0. The van der Waals surface area contributed by atoms with E-state index in [0.717, 1.165) is 13.1 Å². The molecule has 18 heavy (non-hydrogen) atoms. The number of piperazine rings is 1. The molecule has 0 radical (unpaired) electrons. The first kappa shape index (κ1) is 14.0. The molecule has 1 aliphatic heterocycles. The highest BCUT2D eigenvalue weighted by molar-refractivity contribution is 7.12. The van der Waals surface area contributed by atoms with Gasteiger partial charge in [-0.15, -0.1) is 11.3 Å². The Balaban J connectivity index is 2.20. The molecular formula is C15H26N2S. The molecule has 0 spiro atoms. The van der Waals surface area contributed by atoms with Gasteiger partial charge in [-0.05, 0) is 45.7 Å². The molecule has 0 aromatic carbocycles. The molecule has 0 aliphatic carbocycles.